The predicted molar refractivity (Wildman–Crippen MR) is 51.9 cm³/mol. The minimum Gasteiger partial charge on any atom is -0.425 e. The van der Waals surface area contributed by atoms with Gasteiger partial charge in [-0.05, 0) is 18.2 Å². The number of aromatic nitrogens is 1. The summed E-state index contributed by atoms with van der Waals surface area (Å²) in [6.45, 7) is 0. The van der Waals surface area contributed by atoms with Crippen LogP contribution >= 0.6 is 0 Å². The highest BCUT2D eigenvalue weighted by Gasteiger charge is 2.43. The number of hydrogen-bond acceptors (Lipinski definition) is 3. The summed E-state index contributed by atoms with van der Waals surface area (Å²) in [6, 6.07) is 1.28. The Morgan fingerprint density at radius 2 is 1.65 bits per heavy atom. The standard InChI is InChI=1S/C11H4F6NO2/c12-10(13,14)7-2-1-6(3-8(7)11(15,16)17)20-9-4-18-5-19-9/h1-4H. The second kappa shape index (κ2) is 4.73. The smallest absolute Gasteiger partial charge is 0.417 e. The average molecular weight is 296 g/mol. The molecule has 0 saturated heterocycles. The van der Waals surface area contributed by atoms with E-state index in [9.17, 15) is 26.3 Å². The minimum absolute atomic E-state index is 0.241. The molecule has 0 atom stereocenters. The maximum Gasteiger partial charge on any atom is 0.417 e. The summed E-state index contributed by atoms with van der Waals surface area (Å²) in [5, 5.41) is 0. The Hall–Kier alpha value is -2.19. The molecule has 0 unspecified atom stereocenters. The van der Waals surface area contributed by atoms with Gasteiger partial charge in [-0.15, -0.1) is 0 Å². The Kier molecular flexibility index (Phi) is 3.36. The van der Waals surface area contributed by atoms with Gasteiger partial charge in [-0.2, -0.15) is 26.3 Å². The van der Waals surface area contributed by atoms with Crippen molar-refractivity contribution in [3.8, 4) is 11.7 Å². The minimum atomic E-state index is -5.17. The summed E-state index contributed by atoms with van der Waals surface area (Å²) in [5.41, 5.74) is -3.63. The molecule has 0 aliphatic carbocycles. The number of rotatable bonds is 2. The van der Waals surface area contributed by atoms with E-state index in [2.05, 4.69) is 9.40 Å². The Bertz CT molecular complexity index is 588. The molecule has 1 aromatic carbocycles. The average Bonchev–Trinajstić information content (AvgIpc) is 2.79. The summed E-state index contributed by atoms with van der Waals surface area (Å²) in [4.78, 5) is 3.33. The van der Waals surface area contributed by atoms with Crippen LogP contribution in [0.5, 0.6) is 11.7 Å². The van der Waals surface area contributed by atoms with E-state index in [4.69, 9.17) is 4.74 Å². The van der Waals surface area contributed by atoms with Crippen molar-refractivity contribution in [2.24, 2.45) is 0 Å². The Labute approximate surface area is 107 Å². The summed E-state index contributed by atoms with van der Waals surface area (Å²) in [7, 11) is 0. The molecule has 0 N–H and O–H groups in total. The molecule has 0 aliphatic rings. The van der Waals surface area contributed by atoms with Gasteiger partial charge in [0.05, 0.1) is 11.1 Å². The van der Waals surface area contributed by atoms with Gasteiger partial charge in [0.25, 0.3) is 6.39 Å². The molecule has 1 heterocycles. The van der Waals surface area contributed by atoms with E-state index in [0.717, 1.165) is 12.3 Å². The maximum absolute atomic E-state index is 12.6. The molecule has 0 fully saturated rings. The molecule has 0 spiro atoms. The zero-order chi connectivity index (χ0) is 15.0. The number of benzene rings is 1. The third-order valence-electron chi connectivity index (χ3n) is 2.19. The van der Waals surface area contributed by atoms with Gasteiger partial charge >= 0.3 is 18.3 Å². The zero-order valence-corrected chi connectivity index (χ0v) is 9.34. The predicted octanol–water partition coefficient (Wildman–Crippen LogP) is 4.30. The first-order valence-corrected chi connectivity index (χ1v) is 4.96. The Morgan fingerprint density at radius 1 is 1.00 bits per heavy atom. The monoisotopic (exact) mass is 296 g/mol. The van der Waals surface area contributed by atoms with Crippen molar-refractivity contribution in [1.82, 2.24) is 4.98 Å². The summed E-state index contributed by atoms with van der Waals surface area (Å²) >= 11 is 0. The summed E-state index contributed by atoms with van der Waals surface area (Å²) in [5.74, 6) is -0.756. The van der Waals surface area contributed by atoms with Crippen LogP contribution < -0.4 is 4.74 Å². The lowest BCUT2D eigenvalue weighted by atomic mass is 10.1. The molecular weight excluding hydrogens is 292 g/mol. The maximum atomic E-state index is 12.6. The van der Waals surface area contributed by atoms with Gasteiger partial charge in [0, 0.05) is 0 Å². The highest BCUT2D eigenvalue weighted by Crippen LogP contribution is 2.42. The Morgan fingerprint density at radius 3 is 2.15 bits per heavy atom. The van der Waals surface area contributed by atoms with Crippen molar-refractivity contribution >= 4 is 0 Å². The van der Waals surface area contributed by atoms with Crippen molar-refractivity contribution in [2.45, 2.75) is 12.4 Å². The van der Waals surface area contributed by atoms with Crippen LogP contribution in [0.15, 0.2) is 28.8 Å². The second-order valence-electron chi connectivity index (χ2n) is 3.58. The van der Waals surface area contributed by atoms with E-state index in [1.807, 2.05) is 6.39 Å². The quantitative estimate of drug-likeness (QED) is 0.775. The fraction of sp³-hybridized carbons (Fsp3) is 0.182. The van der Waals surface area contributed by atoms with Crippen LogP contribution in [-0.4, -0.2) is 4.98 Å². The fourth-order valence-corrected chi connectivity index (χ4v) is 1.41. The van der Waals surface area contributed by atoms with E-state index < -0.39 is 29.2 Å². The number of ether oxygens (including phenoxy) is 1. The normalized spacial score (nSPS) is 12.5. The topological polar surface area (TPSA) is 35.3 Å². The molecule has 0 saturated carbocycles. The van der Waals surface area contributed by atoms with Crippen LogP contribution in [-0.2, 0) is 12.4 Å². The van der Waals surface area contributed by atoms with Gasteiger partial charge < -0.3 is 9.15 Å². The number of hydrogen-bond donors (Lipinski definition) is 0. The van der Waals surface area contributed by atoms with Crippen molar-refractivity contribution in [1.29, 1.82) is 0 Å². The number of oxazole rings is 1. The van der Waals surface area contributed by atoms with E-state index in [0.29, 0.717) is 0 Å². The summed E-state index contributed by atoms with van der Waals surface area (Å²) in [6.07, 6.45) is -7.31. The van der Waals surface area contributed by atoms with Crippen LogP contribution in [0, 0.1) is 6.39 Å². The molecule has 2 aromatic rings. The molecule has 1 aromatic heterocycles. The molecule has 1 radical (unpaired) electrons. The van der Waals surface area contributed by atoms with Crippen molar-refractivity contribution in [2.75, 3.05) is 0 Å². The molecule has 2 rings (SSSR count). The van der Waals surface area contributed by atoms with Crippen LogP contribution in [0.25, 0.3) is 0 Å². The third kappa shape index (κ3) is 3.03. The van der Waals surface area contributed by atoms with Crippen molar-refractivity contribution in [3.63, 3.8) is 0 Å². The lowest BCUT2D eigenvalue weighted by molar-refractivity contribution is -0.162. The van der Waals surface area contributed by atoms with Gasteiger partial charge in [-0.1, -0.05) is 0 Å². The zero-order valence-electron chi connectivity index (χ0n) is 9.34. The molecule has 0 aliphatic heterocycles. The van der Waals surface area contributed by atoms with Crippen molar-refractivity contribution < 1.29 is 35.5 Å². The largest absolute Gasteiger partial charge is 0.425 e. The van der Waals surface area contributed by atoms with Crippen LogP contribution in [0.3, 0.4) is 0 Å². The van der Waals surface area contributed by atoms with E-state index in [1.54, 1.807) is 0 Å². The van der Waals surface area contributed by atoms with Crippen LogP contribution in [0.1, 0.15) is 11.1 Å². The molecule has 107 valence electrons. The van der Waals surface area contributed by atoms with Crippen molar-refractivity contribution in [3.05, 3.63) is 41.9 Å². The van der Waals surface area contributed by atoms with E-state index >= 15 is 0 Å². The number of alkyl halides is 6. The highest BCUT2D eigenvalue weighted by atomic mass is 19.4. The summed E-state index contributed by atoms with van der Waals surface area (Å²) < 4.78 is 84.8. The first-order chi connectivity index (χ1) is 9.18. The van der Waals surface area contributed by atoms with Crippen LogP contribution in [0.2, 0.25) is 0 Å². The molecule has 9 heteroatoms. The Balaban J connectivity index is 2.44. The van der Waals surface area contributed by atoms with Gasteiger partial charge in [-0.25, -0.2) is 4.98 Å². The lowest BCUT2D eigenvalue weighted by Gasteiger charge is -2.16. The molecule has 3 nitrogen and oxygen atoms in total. The molecular formula is C11H4F6NO2. The number of halogens is 6. The fourth-order valence-electron chi connectivity index (χ4n) is 1.41. The third-order valence-corrected chi connectivity index (χ3v) is 2.19. The second-order valence-corrected chi connectivity index (χ2v) is 3.58. The molecule has 20 heavy (non-hydrogen) atoms. The van der Waals surface area contributed by atoms with Gasteiger partial charge in [-0.3, -0.25) is 0 Å². The SMILES string of the molecule is FC(F)(F)c1ccc(Oc2cn[c]o2)cc1C(F)(F)F. The van der Waals surface area contributed by atoms with Gasteiger partial charge in [0.15, 0.2) is 0 Å². The number of nitrogens with zero attached hydrogens (tertiary/aromatic N) is 1. The van der Waals surface area contributed by atoms with Gasteiger partial charge in [0.2, 0.25) is 0 Å². The van der Waals surface area contributed by atoms with Gasteiger partial charge in [0.1, 0.15) is 11.9 Å². The molecule has 0 amide bonds. The van der Waals surface area contributed by atoms with Crippen LogP contribution in [0.4, 0.5) is 26.3 Å². The van der Waals surface area contributed by atoms with E-state index in [1.165, 1.54) is 0 Å². The first-order valence-electron chi connectivity index (χ1n) is 4.96. The first kappa shape index (κ1) is 14.2. The van der Waals surface area contributed by atoms with E-state index in [-0.39, 0.29) is 18.1 Å². The lowest BCUT2D eigenvalue weighted by Crippen LogP contribution is -2.16. The highest BCUT2D eigenvalue weighted by molar-refractivity contribution is 5.40. The molecule has 0 bridgehead atoms.